The Morgan fingerprint density at radius 1 is 1.25 bits per heavy atom. The van der Waals surface area contributed by atoms with Crippen molar-refractivity contribution in [2.24, 2.45) is 0 Å². The maximum Gasteiger partial charge on any atom is 0.306 e. The summed E-state index contributed by atoms with van der Waals surface area (Å²) in [7, 11) is 0.559. The molecule has 0 aromatic heterocycles. The van der Waals surface area contributed by atoms with Crippen molar-refractivity contribution < 1.29 is 27.5 Å². The Morgan fingerprint density at radius 3 is 2.46 bits per heavy atom. The van der Waals surface area contributed by atoms with Crippen LogP contribution in [0.2, 0.25) is 0 Å². The highest BCUT2D eigenvalue weighted by Crippen LogP contribution is 2.28. The lowest BCUT2D eigenvalue weighted by molar-refractivity contribution is -0.147. The summed E-state index contributed by atoms with van der Waals surface area (Å²) in [6.07, 6.45) is 0.853. The molecule has 0 aliphatic heterocycles. The van der Waals surface area contributed by atoms with Crippen LogP contribution in [0.4, 0.5) is 5.69 Å². The number of amides is 1. The molecule has 1 rings (SSSR count). The van der Waals surface area contributed by atoms with Gasteiger partial charge in [-0.1, -0.05) is 6.92 Å². The first-order valence-electron chi connectivity index (χ1n) is 7.28. The lowest BCUT2D eigenvalue weighted by Crippen LogP contribution is -2.23. The molecule has 0 fully saturated rings. The van der Waals surface area contributed by atoms with E-state index in [1.807, 2.05) is 6.92 Å². The molecule has 0 atom stereocenters. The fourth-order valence-electron chi connectivity index (χ4n) is 1.76. The molecule has 9 heteroatoms. The Morgan fingerprint density at radius 2 is 1.92 bits per heavy atom. The molecule has 0 saturated carbocycles. The Hall–Kier alpha value is -2.13. The highest BCUT2D eigenvalue weighted by atomic mass is 32.2. The molecule has 0 aliphatic rings. The molecule has 0 unspecified atom stereocenters. The number of hydrogen-bond donors (Lipinski definition) is 1. The molecular weight excluding hydrogens is 336 g/mol. The number of ether oxygens (including phenoxy) is 2. The number of benzene rings is 1. The Labute approximate surface area is 141 Å². The second-order valence-corrected chi connectivity index (χ2v) is 7.26. The lowest BCUT2D eigenvalue weighted by Gasteiger charge is -2.15. The van der Waals surface area contributed by atoms with Crippen LogP contribution < -0.4 is 10.1 Å². The summed E-state index contributed by atoms with van der Waals surface area (Å²) < 4.78 is 35.3. The van der Waals surface area contributed by atoms with Gasteiger partial charge in [-0.15, -0.1) is 0 Å². The van der Waals surface area contributed by atoms with Crippen molar-refractivity contribution in [3.05, 3.63) is 18.2 Å². The maximum absolute atomic E-state index is 12.2. The number of carbonyl (C=O) groups is 2. The molecule has 24 heavy (non-hydrogen) atoms. The zero-order chi connectivity index (χ0) is 18.3. The minimum absolute atomic E-state index is 0.00609. The van der Waals surface area contributed by atoms with Crippen LogP contribution in [0.25, 0.3) is 0 Å². The average Bonchev–Trinajstić information content (AvgIpc) is 2.53. The number of rotatable bonds is 8. The predicted molar refractivity (Wildman–Crippen MR) is 88.4 cm³/mol. The van der Waals surface area contributed by atoms with Gasteiger partial charge in [-0.25, -0.2) is 12.7 Å². The molecule has 0 bridgehead atoms. The van der Waals surface area contributed by atoms with Gasteiger partial charge in [-0.05, 0) is 24.6 Å². The van der Waals surface area contributed by atoms with Crippen molar-refractivity contribution in [1.82, 2.24) is 4.31 Å². The third-order valence-corrected chi connectivity index (χ3v) is 4.85. The van der Waals surface area contributed by atoms with E-state index in [2.05, 4.69) is 5.32 Å². The number of anilines is 1. The van der Waals surface area contributed by atoms with E-state index in [0.717, 1.165) is 4.31 Å². The average molecular weight is 358 g/mol. The molecule has 0 aliphatic carbocycles. The van der Waals surface area contributed by atoms with Gasteiger partial charge in [0.15, 0.2) is 6.61 Å². The van der Waals surface area contributed by atoms with Crippen molar-refractivity contribution in [2.45, 2.75) is 24.7 Å². The summed E-state index contributed by atoms with van der Waals surface area (Å²) in [6, 6.07) is 4.11. The quantitative estimate of drug-likeness (QED) is 0.701. The second kappa shape index (κ2) is 8.65. The Balaban J connectivity index is 2.93. The number of nitrogens with zero attached hydrogens (tertiary/aromatic N) is 1. The zero-order valence-corrected chi connectivity index (χ0v) is 15.0. The molecule has 1 N–H and O–H groups in total. The number of nitrogens with one attached hydrogen (secondary N) is 1. The van der Waals surface area contributed by atoms with Crippen LogP contribution in [0.3, 0.4) is 0 Å². The molecule has 0 saturated heterocycles. The number of hydrogen-bond acceptors (Lipinski definition) is 6. The topological polar surface area (TPSA) is 102 Å². The summed E-state index contributed by atoms with van der Waals surface area (Å²) in [5, 5.41) is 2.49. The van der Waals surface area contributed by atoms with Crippen LogP contribution in [-0.4, -0.2) is 52.4 Å². The first kappa shape index (κ1) is 19.9. The van der Waals surface area contributed by atoms with Crippen LogP contribution >= 0.6 is 0 Å². The first-order chi connectivity index (χ1) is 11.2. The smallest absolute Gasteiger partial charge is 0.306 e. The number of sulfonamides is 1. The summed E-state index contributed by atoms with van der Waals surface area (Å²) in [5.41, 5.74) is 0.178. The van der Waals surface area contributed by atoms with Gasteiger partial charge < -0.3 is 14.8 Å². The van der Waals surface area contributed by atoms with Crippen LogP contribution in [0.5, 0.6) is 5.75 Å². The molecule has 134 valence electrons. The molecule has 0 radical (unpaired) electrons. The fourth-order valence-corrected chi connectivity index (χ4v) is 2.69. The maximum atomic E-state index is 12.2. The molecule has 0 heterocycles. The number of esters is 1. The minimum Gasteiger partial charge on any atom is -0.495 e. The van der Waals surface area contributed by atoms with Gasteiger partial charge in [0, 0.05) is 20.5 Å². The zero-order valence-electron chi connectivity index (χ0n) is 14.2. The van der Waals surface area contributed by atoms with E-state index in [-0.39, 0.29) is 17.0 Å². The van der Waals surface area contributed by atoms with Gasteiger partial charge in [0.25, 0.3) is 5.91 Å². The summed E-state index contributed by atoms with van der Waals surface area (Å²) in [4.78, 5) is 23.2. The van der Waals surface area contributed by atoms with Crippen molar-refractivity contribution >= 4 is 27.6 Å². The normalized spacial score (nSPS) is 11.2. The third-order valence-electron chi connectivity index (χ3n) is 3.04. The molecule has 1 aromatic carbocycles. The molecular formula is C15H22N2O6S. The fraction of sp³-hybridized carbons (Fsp3) is 0.467. The van der Waals surface area contributed by atoms with Crippen molar-refractivity contribution in [3.8, 4) is 5.75 Å². The molecule has 8 nitrogen and oxygen atoms in total. The van der Waals surface area contributed by atoms with E-state index < -0.39 is 28.5 Å². The van der Waals surface area contributed by atoms with E-state index in [4.69, 9.17) is 9.47 Å². The molecule has 1 amide bonds. The van der Waals surface area contributed by atoms with E-state index in [1.54, 1.807) is 0 Å². The van der Waals surface area contributed by atoms with Gasteiger partial charge >= 0.3 is 5.97 Å². The Kier molecular flexibility index (Phi) is 7.18. The van der Waals surface area contributed by atoms with Gasteiger partial charge in [0.1, 0.15) is 5.75 Å². The predicted octanol–water partition coefficient (Wildman–Crippen LogP) is 1.23. The minimum atomic E-state index is -3.65. The Bertz CT molecular complexity index is 700. The van der Waals surface area contributed by atoms with E-state index in [0.29, 0.717) is 12.2 Å². The first-order valence-corrected chi connectivity index (χ1v) is 8.72. The van der Waals surface area contributed by atoms with Crippen molar-refractivity contribution in [3.63, 3.8) is 0 Å². The largest absolute Gasteiger partial charge is 0.495 e. The van der Waals surface area contributed by atoms with Crippen LogP contribution in [0, 0.1) is 0 Å². The number of carbonyl (C=O) groups excluding carboxylic acids is 2. The SMILES string of the molecule is CCCC(=O)OCC(=O)Nc1cc(S(=O)(=O)N(C)C)ccc1OC. The van der Waals surface area contributed by atoms with Gasteiger partial charge in [0.2, 0.25) is 10.0 Å². The second-order valence-electron chi connectivity index (χ2n) is 5.11. The van der Waals surface area contributed by atoms with Crippen LogP contribution in [0.15, 0.2) is 23.1 Å². The number of methoxy groups -OCH3 is 1. The highest BCUT2D eigenvalue weighted by Gasteiger charge is 2.20. The van der Waals surface area contributed by atoms with Crippen molar-refractivity contribution in [2.75, 3.05) is 33.1 Å². The van der Waals surface area contributed by atoms with Crippen LogP contribution in [-0.2, 0) is 24.3 Å². The van der Waals surface area contributed by atoms with E-state index in [9.17, 15) is 18.0 Å². The van der Waals surface area contributed by atoms with Gasteiger partial charge in [-0.2, -0.15) is 0 Å². The van der Waals surface area contributed by atoms with Gasteiger partial charge in [-0.3, -0.25) is 9.59 Å². The van der Waals surface area contributed by atoms with Crippen molar-refractivity contribution in [1.29, 1.82) is 0 Å². The summed E-state index contributed by atoms with van der Waals surface area (Å²) >= 11 is 0. The van der Waals surface area contributed by atoms with E-state index in [1.165, 1.54) is 39.4 Å². The standard InChI is InChI=1S/C15H22N2O6S/c1-5-6-15(19)23-10-14(18)16-12-9-11(7-8-13(12)22-4)24(20,21)17(2)3/h7-9H,5-6,10H2,1-4H3,(H,16,18). The lowest BCUT2D eigenvalue weighted by atomic mass is 10.3. The van der Waals surface area contributed by atoms with Crippen LogP contribution in [0.1, 0.15) is 19.8 Å². The summed E-state index contributed by atoms with van der Waals surface area (Å²) in [5.74, 6) is -0.762. The molecule has 0 spiro atoms. The third kappa shape index (κ3) is 5.20. The van der Waals surface area contributed by atoms with Gasteiger partial charge in [0.05, 0.1) is 17.7 Å². The highest BCUT2D eigenvalue weighted by molar-refractivity contribution is 7.89. The summed E-state index contributed by atoms with van der Waals surface area (Å²) in [6.45, 7) is 1.37. The molecule has 1 aromatic rings. The monoisotopic (exact) mass is 358 g/mol. The van der Waals surface area contributed by atoms with E-state index >= 15 is 0 Å².